The monoisotopic (exact) mass is 515 g/mol. The van der Waals surface area contributed by atoms with Gasteiger partial charge in [0.05, 0.1) is 25.7 Å². The molecule has 3 aliphatic heterocycles. The Kier molecular flexibility index (Phi) is 8.81. The third-order valence-corrected chi connectivity index (χ3v) is 7.47. The standard InChI is InChI=1S/C27H37N3O7/c1-3-11-30(37-13-4-2)25(33)17-28-16-20(18-5-6-22-19(15-18)10-14-36-22)26(27(34)35)21(28)9-12-29-23(31)7-8-24(29)32/h5-6,15,20-21,26H,3-4,7-14,16-17H2,1-2H3,(H,34,35). The van der Waals surface area contributed by atoms with E-state index in [0.717, 1.165) is 36.1 Å². The zero-order chi connectivity index (χ0) is 26.5. The van der Waals surface area contributed by atoms with Gasteiger partial charge in [-0.25, -0.2) is 5.06 Å². The summed E-state index contributed by atoms with van der Waals surface area (Å²) in [7, 11) is 0. The number of ether oxygens (including phenoxy) is 1. The number of rotatable bonds is 12. The number of carbonyl (C=O) groups excluding carboxylic acids is 3. The van der Waals surface area contributed by atoms with Gasteiger partial charge in [-0.3, -0.25) is 33.8 Å². The van der Waals surface area contributed by atoms with E-state index >= 15 is 0 Å². The Morgan fingerprint density at radius 1 is 1.14 bits per heavy atom. The van der Waals surface area contributed by atoms with Crippen LogP contribution < -0.4 is 4.74 Å². The molecule has 3 atom stereocenters. The van der Waals surface area contributed by atoms with Gasteiger partial charge < -0.3 is 9.84 Å². The predicted octanol–water partition coefficient (Wildman–Crippen LogP) is 2.21. The molecule has 3 unspecified atom stereocenters. The third kappa shape index (κ3) is 5.96. The average Bonchev–Trinajstić information content (AvgIpc) is 3.57. The molecule has 10 heteroatoms. The van der Waals surface area contributed by atoms with Crippen LogP contribution in [0.3, 0.4) is 0 Å². The highest BCUT2D eigenvalue weighted by Crippen LogP contribution is 2.41. The fraction of sp³-hybridized carbons (Fsp3) is 0.630. The topological polar surface area (TPSA) is 117 Å². The fourth-order valence-corrected chi connectivity index (χ4v) is 5.68. The molecule has 0 aromatic heterocycles. The molecule has 202 valence electrons. The number of amides is 3. The zero-order valence-electron chi connectivity index (χ0n) is 21.7. The van der Waals surface area contributed by atoms with Crippen LogP contribution >= 0.6 is 0 Å². The van der Waals surface area contributed by atoms with Gasteiger partial charge in [0.2, 0.25) is 11.8 Å². The number of fused-ring (bicyclic) bond motifs is 1. The van der Waals surface area contributed by atoms with E-state index in [9.17, 15) is 24.3 Å². The van der Waals surface area contributed by atoms with E-state index in [-0.39, 0.29) is 56.0 Å². The lowest BCUT2D eigenvalue weighted by Crippen LogP contribution is -2.45. The van der Waals surface area contributed by atoms with Crippen molar-refractivity contribution < 1.29 is 33.9 Å². The van der Waals surface area contributed by atoms with E-state index in [2.05, 4.69) is 0 Å². The third-order valence-electron chi connectivity index (χ3n) is 7.47. The maximum atomic E-state index is 13.3. The van der Waals surface area contributed by atoms with Crippen LogP contribution in [0.4, 0.5) is 0 Å². The molecule has 37 heavy (non-hydrogen) atoms. The average molecular weight is 516 g/mol. The maximum Gasteiger partial charge on any atom is 0.308 e. The van der Waals surface area contributed by atoms with Crippen LogP contribution in [0.5, 0.6) is 5.75 Å². The number of carbonyl (C=O) groups is 4. The number of nitrogens with zero attached hydrogens (tertiary/aromatic N) is 3. The summed E-state index contributed by atoms with van der Waals surface area (Å²) in [6.45, 7) is 5.94. The number of imide groups is 1. The highest BCUT2D eigenvalue weighted by Gasteiger charge is 2.48. The molecule has 0 bridgehead atoms. The molecular weight excluding hydrogens is 478 g/mol. The molecule has 3 amide bonds. The van der Waals surface area contributed by atoms with Crippen LogP contribution in [-0.2, 0) is 30.4 Å². The molecule has 4 rings (SSSR count). The molecule has 3 heterocycles. The maximum absolute atomic E-state index is 13.3. The smallest absolute Gasteiger partial charge is 0.308 e. The van der Waals surface area contributed by atoms with Crippen LogP contribution in [0.15, 0.2) is 18.2 Å². The molecule has 10 nitrogen and oxygen atoms in total. The van der Waals surface area contributed by atoms with Gasteiger partial charge >= 0.3 is 5.97 Å². The fourth-order valence-electron chi connectivity index (χ4n) is 5.68. The molecular formula is C27H37N3O7. The molecule has 0 aliphatic carbocycles. The van der Waals surface area contributed by atoms with Crippen molar-refractivity contribution in [3.63, 3.8) is 0 Å². The van der Waals surface area contributed by atoms with E-state index in [0.29, 0.717) is 26.3 Å². The minimum absolute atomic E-state index is 0.00457. The van der Waals surface area contributed by atoms with Gasteiger partial charge in [-0.2, -0.15) is 0 Å². The van der Waals surface area contributed by atoms with E-state index in [1.807, 2.05) is 36.9 Å². The first-order chi connectivity index (χ1) is 17.8. The normalized spacial score (nSPS) is 23.4. The van der Waals surface area contributed by atoms with E-state index < -0.39 is 17.9 Å². The predicted molar refractivity (Wildman–Crippen MR) is 134 cm³/mol. The summed E-state index contributed by atoms with van der Waals surface area (Å²) < 4.78 is 5.62. The number of carboxylic acid groups (broad SMARTS) is 1. The number of carboxylic acids is 1. The number of hydroxylamine groups is 2. The second-order valence-corrected chi connectivity index (χ2v) is 9.99. The second-order valence-electron chi connectivity index (χ2n) is 9.99. The lowest BCUT2D eigenvalue weighted by atomic mass is 9.83. The van der Waals surface area contributed by atoms with Crippen molar-refractivity contribution >= 4 is 23.7 Å². The lowest BCUT2D eigenvalue weighted by molar-refractivity contribution is -0.188. The minimum Gasteiger partial charge on any atom is -0.493 e. The number of aliphatic carboxylic acids is 1. The molecule has 1 aromatic rings. The summed E-state index contributed by atoms with van der Waals surface area (Å²) in [6, 6.07) is 5.30. The summed E-state index contributed by atoms with van der Waals surface area (Å²) in [5.41, 5.74) is 1.96. The first kappa shape index (κ1) is 27.1. The van der Waals surface area contributed by atoms with Gasteiger partial charge in [0, 0.05) is 50.9 Å². The first-order valence-electron chi connectivity index (χ1n) is 13.3. The second kappa shape index (κ2) is 12.0. The zero-order valence-corrected chi connectivity index (χ0v) is 21.7. The Labute approximate surface area is 217 Å². The highest BCUT2D eigenvalue weighted by atomic mass is 16.7. The Balaban J connectivity index is 1.59. The minimum atomic E-state index is -0.951. The van der Waals surface area contributed by atoms with Crippen molar-refractivity contribution in [2.75, 3.05) is 39.4 Å². The van der Waals surface area contributed by atoms with Gasteiger partial charge in [-0.15, -0.1) is 0 Å². The highest BCUT2D eigenvalue weighted by molar-refractivity contribution is 6.01. The van der Waals surface area contributed by atoms with Gasteiger partial charge in [-0.05, 0) is 36.5 Å². The van der Waals surface area contributed by atoms with Gasteiger partial charge in [-0.1, -0.05) is 26.0 Å². The SMILES string of the molecule is CCCON(CCC)C(=O)CN1CC(c2ccc3c(c2)CCO3)C(C(=O)O)C1CCN1C(=O)CCC1=O. The van der Waals surface area contributed by atoms with Crippen molar-refractivity contribution in [2.24, 2.45) is 5.92 Å². The molecule has 0 spiro atoms. The lowest BCUT2D eigenvalue weighted by Gasteiger charge is -2.30. The van der Waals surface area contributed by atoms with Crippen molar-refractivity contribution in [3.8, 4) is 5.75 Å². The number of hydrogen-bond acceptors (Lipinski definition) is 7. The summed E-state index contributed by atoms with van der Waals surface area (Å²) in [5, 5.41) is 11.7. The molecule has 2 saturated heterocycles. The summed E-state index contributed by atoms with van der Waals surface area (Å²) in [4.78, 5) is 59.1. The number of hydrogen-bond donors (Lipinski definition) is 1. The first-order valence-corrected chi connectivity index (χ1v) is 13.3. The number of likely N-dealkylation sites (tertiary alicyclic amines) is 2. The number of benzene rings is 1. The van der Waals surface area contributed by atoms with E-state index in [1.54, 1.807) is 0 Å². The molecule has 0 radical (unpaired) electrons. The van der Waals surface area contributed by atoms with Crippen LogP contribution in [0.1, 0.15) is 63.0 Å². The van der Waals surface area contributed by atoms with Gasteiger partial charge in [0.25, 0.3) is 5.91 Å². The largest absolute Gasteiger partial charge is 0.493 e. The van der Waals surface area contributed by atoms with Crippen LogP contribution in [0.25, 0.3) is 0 Å². The summed E-state index contributed by atoms with van der Waals surface area (Å²) in [6.07, 6.45) is 2.94. The van der Waals surface area contributed by atoms with E-state index in [4.69, 9.17) is 9.57 Å². The van der Waals surface area contributed by atoms with Crippen molar-refractivity contribution in [1.82, 2.24) is 14.9 Å². The van der Waals surface area contributed by atoms with Crippen molar-refractivity contribution in [1.29, 1.82) is 0 Å². The summed E-state index contributed by atoms with van der Waals surface area (Å²) in [5.74, 6) is -1.94. The Hall–Kier alpha value is -2.98. The molecule has 0 saturated carbocycles. The van der Waals surface area contributed by atoms with Crippen molar-refractivity contribution in [3.05, 3.63) is 29.3 Å². The Morgan fingerprint density at radius 3 is 2.57 bits per heavy atom. The van der Waals surface area contributed by atoms with Gasteiger partial charge in [0.1, 0.15) is 5.75 Å². The quantitative estimate of drug-likeness (QED) is 0.333. The Morgan fingerprint density at radius 2 is 1.89 bits per heavy atom. The van der Waals surface area contributed by atoms with Crippen LogP contribution in [0, 0.1) is 5.92 Å². The van der Waals surface area contributed by atoms with Crippen molar-refractivity contribution in [2.45, 2.75) is 64.3 Å². The molecule has 2 fully saturated rings. The van der Waals surface area contributed by atoms with Crippen LogP contribution in [0.2, 0.25) is 0 Å². The molecule has 1 N–H and O–H groups in total. The molecule has 3 aliphatic rings. The van der Waals surface area contributed by atoms with E-state index in [1.165, 1.54) is 9.96 Å². The molecule has 1 aromatic carbocycles. The van der Waals surface area contributed by atoms with Crippen LogP contribution in [-0.4, -0.2) is 89.1 Å². The Bertz CT molecular complexity index is 1010. The van der Waals surface area contributed by atoms with Gasteiger partial charge in [0.15, 0.2) is 0 Å². The summed E-state index contributed by atoms with van der Waals surface area (Å²) >= 11 is 0.